The number of benzene rings is 1. The van der Waals surface area contributed by atoms with Crippen molar-refractivity contribution in [2.24, 2.45) is 11.7 Å². The van der Waals surface area contributed by atoms with Crippen molar-refractivity contribution in [3.8, 4) is 0 Å². The molecule has 1 atom stereocenters. The normalized spacial score (nSPS) is 14.2. The van der Waals surface area contributed by atoms with Crippen molar-refractivity contribution in [3.63, 3.8) is 0 Å². The number of anilines is 1. The molecule has 0 bridgehead atoms. The van der Waals surface area contributed by atoms with E-state index in [0.717, 1.165) is 31.5 Å². The first-order valence-corrected chi connectivity index (χ1v) is 9.31. The van der Waals surface area contributed by atoms with E-state index in [1.54, 1.807) is 4.90 Å². The number of nitrogens with two attached hydrogens (primary N) is 1. The van der Waals surface area contributed by atoms with Crippen LogP contribution in [0.2, 0.25) is 0 Å². The van der Waals surface area contributed by atoms with Crippen molar-refractivity contribution in [1.29, 1.82) is 0 Å². The van der Waals surface area contributed by atoms with Crippen LogP contribution in [0.25, 0.3) is 0 Å². The molecule has 1 fully saturated rings. The minimum atomic E-state index is -0.631. The van der Waals surface area contributed by atoms with Crippen LogP contribution in [0, 0.1) is 5.92 Å². The standard InChI is InChI=1S/C19H29N5O3.ClH/c1-13(2)17(20)18(26)22-12-16(25)21-11-14-6-5-7-15(10-14)23-19(27)24-8-3-4-9-24;/h5-7,10,13,17H,3-4,8-9,11-12,20H2,1-2H3,(H,21,25)(H,22,26)(H,23,27);1H/t17-;/m0./s1. The molecular formula is C19H30ClN5O3. The molecule has 156 valence electrons. The third-order valence-corrected chi connectivity index (χ3v) is 4.51. The topological polar surface area (TPSA) is 117 Å². The lowest BCUT2D eigenvalue weighted by atomic mass is 10.1. The number of likely N-dealkylation sites (tertiary alicyclic amines) is 1. The lowest BCUT2D eigenvalue weighted by Crippen LogP contribution is -2.47. The van der Waals surface area contributed by atoms with Crippen LogP contribution in [-0.4, -0.2) is 48.4 Å². The molecule has 8 nitrogen and oxygen atoms in total. The second kappa shape index (κ2) is 11.5. The highest BCUT2D eigenvalue weighted by molar-refractivity contribution is 5.89. The molecule has 5 N–H and O–H groups in total. The molecule has 0 aromatic heterocycles. The molecule has 0 spiro atoms. The Balaban J connectivity index is 0.00000392. The highest BCUT2D eigenvalue weighted by Gasteiger charge is 2.18. The molecule has 1 aromatic carbocycles. The minimum absolute atomic E-state index is 0. The molecule has 1 saturated heterocycles. The van der Waals surface area contributed by atoms with Crippen LogP contribution >= 0.6 is 12.4 Å². The summed E-state index contributed by atoms with van der Waals surface area (Å²) in [5.41, 5.74) is 7.28. The summed E-state index contributed by atoms with van der Waals surface area (Å²) in [6, 6.07) is 6.59. The van der Waals surface area contributed by atoms with Crippen molar-refractivity contribution < 1.29 is 14.4 Å². The number of halogens is 1. The van der Waals surface area contributed by atoms with Gasteiger partial charge >= 0.3 is 6.03 Å². The molecule has 28 heavy (non-hydrogen) atoms. The lowest BCUT2D eigenvalue weighted by Gasteiger charge is -2.17. The smallest absolute Gasteiger partial charge is 0.321 e. The zero-order chi connectivity index (χ0) is 19.8. The predicted octanol–water partition coefficient (Wildman–Crippen LogP) is 1.45. The molecule has 9 heteroatoms. The van der Waals surface area contributed by atoms with E-state index in [9.17, 15) is 14.4 Å². The molecule has 2 rings (SSSR count). The first-order valence-electron chi connectivity index (χ1n) is 9.31. The van der Waals surface area contributed by atoms with Crippen molar-refractivity contribution in [3.05, 3.63) is 29.8 Å². The van der Waals surface area contributed by atoms with Crippen molar-refractivity contribution in [2.75, 3.05) is 25.0 Å². The maximum atomic E-state index is 12.1. The SMILES string of the molecule is CC(C)[C@H](N)C(=O)NCC(=O)NCc1cccc(NC(=O)N2CCCC2)c1.Cl. The van der Waals surface area contributed by atoms with Gasteiger partial charge in [-0.15, -0.1) is 12.4 Å². The third-order valence-electron chi connectivity index (χ3n) is 4.51. The van der Waals surface area contributed by atoms with Gasteiger partial charge in [-0.3, -0.25) is 9.59 Å². The molecule has 0 saturated carbocycles. The Morgan fingerprint density at radius 2 is 1.82 bits per heavy atom. The number of nitrogens with zero attached hydrogens (tertiary/aromatic N) is 1. The molecule has 1 heterocycles. The quantitative estimate of drug-likeness (QED) is 0.543. The summed E-state index contributed by atoms with van der Waals surface area (Å²) >= 11 is 0. The van der Waals surface area contributed by atoms with E-state index in [4.69, 9.17) is 5.73 Å². The average molecular weight is 412 g/mol. The number of carbonyl (C=O) groups excluding carboxylic acids is 3. The molecule has 1 aromatic rings. The fourth-order valence-electron chi connectivity index (χ4n) is 2.73. The maximum Gasteiger partial charge on any atom is 0.321 e. The van der Waals surface area contributed by atoms with Crippen LogP contribution in [0.4, 0.5) is 10.5 Å². The number of carbonyl (C=O) groups is 3. The number of urea groups is 1. The predicted molar refractivity (Wildman–Crippen MR) is 111 cm³/mol. The molecule has 0 aliphatic carbocycles. The Hall–Kier alpha value is -2.32. The summed E-state index contributed by atoms with van der Waals surface area (Å²) in [7, 11) is 0. The Kier molecular flexibility index (Phi) is 9.75. The largest absolute Gasteiger partial charge is 0.350 e. The molecule has 1 aliphatic rings. The first kappa shape index (κ1) is 23.7. The maximum absolute atomic E-state index is 12.1. The highest BCUT2D eigenvalue weighted by Crippen LogP contribution is 2.14. The lowest BCUT2D eigenvalue weighted by molar-refractivity contribution is -0.127. The van der Waals surface area contributed by atoms with E-state index in [1.807, 2.05) is 38.1 Å². The van der Waals surface area contributed by atoms with E-state index in [-0.39, 0.29) is 42.7 Å². The van der Waals surface area contributed by atoms with Crippen LogP contribution in [-0.2, 0) is 16.1 Å². The van der Waals surface area contributed by atoms with Gasteiger partial charge in [0.05, 0.1) is 12.6 Å². The average Bonchev–Trinajstić information content (AvgIpc) is 3.19. The molecule has 0 radical (unpaired) electrons. The Labute approximate surface area is 172 Å². The molecule has 0 unspecified atom stereocenters. The zero-order valence-electron chi connectivity index (χ0n) is 16.4. The van der Waals surface area contributed by atoms with Gasteiger partial charge in [-0.25, -0.2) is 4.79 Å². The summed E-state index contributed by atoms with van der Waals surface area (Å²) < 4.78 is 0. The summed E-state index contributed by atoms with van der Waals surface area (Å²) in [6.45, 7) is 5.45. The zero-order valence-corrected chi connectivity index (χ0v) is 17.2. The van der Waals surface area contributed by atoms with Crippen molar-refractivity contribution in [2.45, 2.75) is 39.3 Å². The number of hydrogen-bond donors (Lipinski definition) is 4. The van der Waals surface area contributed by atoms with Gasteiger partial charge < -0.3 is 26.6 Å². The second-order valence-corrected chi connectivity index (χ2v) is 7.09. The van der Waals surface area contributed by atoms with E-state index in [0.29, 0.717) is 12.2 Å². The Morgan fingerprint density at radius 3 is 2.46 bits per heavy atom. The van der Waals surface area contributed by atoms with Gasteiger partial charge in [0.15, 0.2) is 0 Å². The van der Waals surface area contributed by atoms with E-state index < -0.39 is 6.04 Å². The number of nitrogens with one attached hydrogen (secondary N) is 3. The molecule has 4 amide bonds. The second-order valence-electron chi connectivity index (χ2n) is 7.09. The number of hydrogen-bond acceptors (Lipinski definition) is 4. The Bertz CT molecular complexity index is 677. The highest BCUT2D eigenvalue weighted by atomic mass is 35.5. The fraction of sp³-hybridized carbons (Fsp3) is 0.526. The molecular weight excluding hydrogens is 382 g/mol. The minimum Gasteiger partial charge on any atom is -0.350 e. The van der Waals surface area contributed by atoms with E-state index in [2.05, 4.69) is 16.0 Å². The fourth-order valence-corrected chi connectivity index (χ4v) is 2.73. The molecule has 1 aliphatic heterocycles. The summed E-state index contributed by atoms with van der Waals surface area (Å²) in [5, 5.41) is 8.15. The van der Waals surface area contributed by atoms with Gasteiger partial charge in [-0.05, 0) is 36.5 Å². The third kappa shape index (κ3) is 7.36. The first-order chi connectivity index (χ1) is 12.9. The number of amides is 4. The van der Waals surface area contributed by atoms with Crippen LogP contribution in [0.1, 0.15) is 32.3 Å². The van der Waals surface area contributed by atoms with Gasteiger partial charge in [0, 0.05) is 25.3 Å². The van der Waals surface area contributed by atoms with Crippen molar-refractivity contribution >= 4 is 35.9 Å². The van der Waals surface area contributed by atoms with E-state index in [1.165, 1.54) is 0 Å². The van der Waals surface area contributed by atoms with Crippen LogP contribution < -0.4 is 21.7 Å². The van der Waals surface area contributed by atoms with Gasteiger partial charge in [-0.2, -0.15) is 0 Å². The van der Waals surface area contributed by atoms with Gasteiger partial charge in [0.25, 0.3) is 0 Å². The van der Waals surface area contributed by atoms with Crippen LogP contribution in [0.15, 0.2) is 24.3 Å². The van der Waals surface area contributed by atoms with Gasteiger partial charge in [0.2, 0.25) is 11.8 Å². The van der Waals surface area contributed by atoms with Crippen molar-refractivity contribution in [1.82, 2.24) is 15.5 Å². The summed E-state index contributed by atoms with van der Waals surface area (Å²) in [6.07, 6.45) is 2.08. The van der Waals surface area contributed by atoms with Crippen LogP contribution in [0.5, 0.6) is 0 Å². The number of rotatable bonds is 7. The summed E-state index contributed by atoms with van der Waals surface area (Å²) in [4.78, 5) is 37.6. The Morgan fingerprint density at radius 1 is 1.14 bits per heavy atom. The monoisotopic (exact) mass is 411 g/mol. The summed E-state index contributed by atoms with van der Waals surface area (Å²) in [5.74, 6) is -0.635. The van der Waals surface area contributed by atoms with Crippen LogP contribution in [0.3, 0.4) is 0 Å². The van der Waals surface area contributed by atoms with Gasteiger partial charge in [-0.1, -0.05) is 26.0 Å². The van der Waals surface area contributed by atoms with E-state index >= 15 is 0 Å². The van der Waals surface area contributed by atoms with Gasteiger partial charge in [0.1, 0.15) is 0 Å².